The molecule has 0 spiro atoms. The molecule has 1 atom stereocenters. The highest BCUT2D eigenvalue weighted by atomic mass is 127. The van der Waals surface area contributed by atoms with Crippen LogP contribution in [0.5, 0.6) is 0 Å². The first kappa shape index (κ1) is 7.47. The number of allylic oxidation sites excluding steroid dienone is 1. The molecule has 0 aromatic carbocycles. The minimum Gasteiger partial charge on any atom is -0.0756 e. The second kappa shape index (κ2) is 4.62. The third-order valence-corrected chi connectivity index (χ3v) is 1.46. The summed E-state index contributed by atoms with van der Waals surface area (Å²) >= 11 is 2.25. The van der Waals surface area contributed by atoms with Crippen LogP contribution in [-0.4, -0.2) is 0 Å². The summed E-state index contributed by atoms with van der Waals surface area (Å²) in [5, 5.41) is 0. The lowest BCUT2D eigenvalue weighted by Crippen LogP contribution is -1.81. The van der Waals surface area contributed by atoms with Gasteiger partial charge in [0.15, 0.2) is 0 Å². The molecule has 0 saturated carbocycles. The van der Waals surface area contributed by atoms with Crippen LogP contribution in [0.15, 0.2) is 10.2 Å². The standard InChI is InChI=1S/C6H11I/c1-3-6(2)4-5-7/h4-6H,3H2,1-2H3. The molecule has 1 heteroatoms. The van der Waals surface area contributed by atoms with Gasteiger partial charge in [-0.05, 0) is 10.0 Å². The SMILES string of the molecule is CCC(C)C=CI. The molecular weight excluding hydrogens is 199 g/mol. The van der Waals surface area contributed by atoms with Gasteiger partial charge in [0.25, 0.3) is 0 Å². The molecular formula is C6H11I. The summed E-state index contributed by atoms with van der Waals surface area (Å²) in [6, 6.07) is 0. The van der Waals surface area contributed by atoms with Crippen molar-refractivity contribution in [1.82, 2.24) is 0 Å². The van der Waals surface area contributed by atoms with Gasteiger partial charge in [0, 0.05) is 0 Å². The Morgan fingerprint density at radius 2 is 2.29 bits per heavy atom. The molecule has 0 aromatic rings. The van der Waals surface area contributed by atoms with Gasteiger partial charge in [-0.2, -0.15) is 0 Å². The Kier molecular flexibility index (Phi) is 4.94. The summed E-state index contributed by atoms with van der Waals surface area (Å²) < 4.78 is 2.08. The Morgan fingerprint density at radius 1 is 1.71 bits per heavy atom. The van der Waals surface area contributed by atoms with E-state index in [1.54, 1.807) is 0 Å². The van der Waals surface area contributed by atoms with Crippen molar-refractivity contribution in [3.05, 3.63) is 10.2 Å². The molecule has 0 saturated heterocycles. The van der Waals surface area contributed by atoms with Crippen LogP contribution in [0.2, 0.25) is 0 Å². The summed E-state index contributed by atoms with van der Waals surface area (Å²) in [5.41, 5.74) is 0. The van der Waals surface area contributed by atoms with Crippen LogP contribution < -0.4 is 0 Å². The fourth-order valence-electron chi connectivity index (χ4n) is 0.260. The van der Waals surface area contributed by atoms with Gasteiger partial charge in [0.2, 0.25) is 0 Å². The van der Waals surface area contributed by atoms with E-state index >= 15 is 0 Å². The fraction of sp³-hybridized carbons (Fsp3) is 0.667. The van der Waals surface area contributed by atoms with Gasteiger partial charge >= 0.3 is 0 Å². The van der Waals surface area contributed by atoms with E-state index in [1.165, 1.54) is 6.42 Å². The van der Waals surface area contributed by atoms with Crippen molar-refractivity contribution in [2.24, 2.45) is 5.92 Å². The average Bonchev–Trinajstić information content (AvgIpc) is 1.68. The molecule has 0 aromatic heterocycles. The lowest BCUT2D eigenvalue weighted by Gasteiger charge is -1.95. The highest BCUT2D eigenvalue weighted by molar-refractivity contribution is 14.1. The zero-order valence-corrected chi connectivity index (χ0v) is 6.97. The topological polar surface area (TPSA) is 0 Å². The summed E-state index contributed by atoms with van der Waals surface area (Å²) in [4.78, 5) is 0. The second-order valence-electron chi connectivity index (χ2n) is 1.70. The molecule has 0 nitrogen and oxygen atoms in total. The first-order valence-corrected chi connectivity index (χ1v) is 3.82. The maximum absolute atomic E-state index is 2.25. The van der Waals surface area contributed by atoms with Crippen LogP contribution in [0.4, 0.5) is 0 Å². The maximum Gasteiger partial charge on any atom is -0.0257 e. The van der Waals surface area contributed by atoms with Crippen molar-refractivity contribution in [2.75, 3.05) is 0 Å². The molecule has 7 heavy (non-hydrogen) atoms. The minimum atomic E-state index is 0.761. The molecule has 0 fully saturated rings. The molecule has 0 bridgehead atoms. The Hall–Kier alpha value is 0.470. The fourth-order valence-corrected chi connectivity index (χ4v) is 0.969. The summed E-state index contributed by atoms with van der Waals surface area (Å²) in [7, 11) is 0. The second-order valence-corrected chi connectivity index (χ2v) is 2.42. The van der Waals surface area contributed by atoms with Gasteiger partial charge in [-0.25, -0.2) is 0 Å². The molecule has 0 amide bonds. The van der Waals surface area contributed by atoms with Gasteiger partial charge in [-0.1, -0.05) is 48.9 Å². The molecule has 0 aliphatic carbocycles. The van der Waals surface area contributed by atoms with Gasteiger partial charge in [-0.3, -0.25) is 0 Å². The molecule has 42 valence electrons. The normalized spacial score (nSPS) is 15.3. The Bertz CT molecular complexity index is 57.2. The third kappa shape index (κ3) is 4.32. The van der Waals surface area contributed by atoms with Crippen LogP contribution in [0.3, 0.4) is 0 Å². The number of hydrogen-bond donors (Lipinski definition) is 0. The van der Waals surface area contributed by atoms with Gasteiger partial charge in [-0.15, -0.1) is 0 Å². The van der Waals surface area contributed by atoms with Crippen LogP contribution in [-0.2, 0) is 0 Å². The van der Waals surface area contributed by atoms with Crippen LogP contribution >= 0.6 is 22.6 Å². The van der Waals surface area contributed by atoms with Crippen LogP contribution in [0.25, 0.3) is 0 Å². The molecule has 0 radical (unpaired) electrons. The zero-order chi connectivity index (χ0) is 5.70. The highest BCUT2D eigenvalue weighted by Crippen LogP contribution is 2.02. The smallest absolute Gasteiger partial charge is 0.0257 e. The van der Waals surface area contributed by atoms with Gasteiger partial charge in [0.1, 0.15) is 0 Å². The summed E-state index contributed by atoms with van der Waals surface area (Å²) in [6.07, 6.45) is 3.46. The predicted octanol–water partition coefficient (Wildman–Crippen LogP) is 2.98. The highest BCUT2D eigenvalue weighted by Gasteiger charge is 1.86. The van der Waals surface area contributed by atoms with E-state index in [1.807, 2.05) is 0 Å². The van der Waals surface area contributed by atoms with Crippen molar-refractivity contribution < 1.29 is 0 Å². The largest absolute Gasteiger partial charge is 0.0756 e. The Balaban J connectivity index is 3.16. The molecule has 0 N–H and O–H groups in total. The lowest BCUT2D eigenvalue weighted by atomic mass is 10.1. The molecule has 0 heterocycles. The van der Waals surface area contributed by atoms with Crippen LogP contribution in [0.1, 0.15) is 20.3 Å². The quantitative estimate of drug-likeness (QED) is 0.614. The molecule has 1 unspecified atom stereocenters. The first-order chi connectivity index (χ1) is 3.31. The third-order valence-electron chi connectivity index (χ3n) is 1.05. The Labute approximate surface area is 59.1 Å². The lowest BCUT2D eigenvalue weighted by molar-refractivity contribution is 0.700. The van der Waals surface area contributed by atoms with Crippen LogP contribution in [0, 0.1) is 5.92 Å². The van der Waals surface area contributed by atoms with E-state index in [9.17, 15) is 0 Å². The molecule has 0 aliphatic rings. The average molecular weight is 210 g/mol. The predicted molar refractivity (Wildman–Crippen MR) is 42.6 cm³/mol. The van der Waals surface area contributed by atoms with E-state index in [4.69, 9.17) is 0 Å². The summed E-state index contributed by atoms with van der Waals surface area (Å²) in [6.45, 7) is 4.41. The van der Waals surface area contributed by atoms with Gasteiger partial charge in [0.05, 0.1) is 0 Å². The number of hydrogen-bond acceptors (Lipinski definition) is 0. The first-order valence-electron chi connectivity index (χ1n) is 2.58. The van der Waals surface area contributed by atoms with E-state index < -0.39 is 0 Å². The maximum atomic E-state index is 2.25. The van der Waals surface area contributed by atoms with Gasteiger partial charge < -0.3 is 0 Å². The monoisotopic (exact) mass is 210 g/mol. The van der Waals surface area contributed by atoms with E-state index in [2.05, 4.69) is 46.6 Å². The summed E-state index contributed by atoms with van der Waals surface area (Å²) in [5.74, 6) is 0.761. The van der Waals surface area contributed by atoms with Crippen molar-refractivity contribution in [2.45, 2.75) is 20.3 Å². The van der Waals surface area contributed by atoms with Crippen molar-refractivity contribution in [3.8, 4) is 0 Å². The van der Waals surface area contributed by atoms with Crippen molar-refractivity contribution >= 4 is 22.6 Å². The van der Waals surface area contributed by atoms with Crippen molar-refractivity contribution in [1.29, 1.82) is 0 Å². The molecule has 0 rings (SSSR count). The van der Waals surface area contributed by atoms with E-state index in [0.29, 0.717) is 0 Å². The number of halogens is 1. The number of rotatable bonds is 2. The minimum absolute atomic E-state index is 0.761. The van der Waals surface area contributed by atoms with E-state index in [0.717, 1.165) is 5.92 Å². The zero-order valence-electron chi connectivity index (χ0n) is 4.82. The van der Waals surface area contributed by atoms with Crippen molar-refractivity contribution in [3.63, 3.8) is 0 Å². The Morgan fingerprint density at radius 3 is 2.43 bits per heavy atom. The van der Waals surface area contributed by atoms with E-state index in [-0.39, 0.29) is 0 Å². The molecule has 0 aliphatic heterocycles.